The Morgan fingerprint density at radius 3 is 1.61 bits per heavy atom. The van der Waals surface area contributed by atoms with Crippen LogP contribution >= 0.6 is 0 Å². The molecule has 1 aliphatic carbocycles. The van der Waals surface area contributed by atoms with Gasteiger partial charge in [0.1, 0.15) is 0 Å². The molecule has 0 bridgehead atoms. The molecule has 7 aromatic carbocycles. The van der Waals surface area contributed by atoms with E-state index in [0.717, 1.165) is 6.42 Å². The van der Waals surface area contributed by atoms with Crippen LogP contribution in [0.5, 0.6) is 0 Å². The zero-order valence-corrected chi connectivity index (χ0v) is 25.7. The van der Waals surface area contributed by atoms with Gasteiger partial charge in [-0.15, -0.1) is 0 Å². The van der Waals surface area contributed by atoms with Crippen molar-refractivity contribution < 1.29 is 0 Å². The summed E-state index contributed by atoms with van der Waals surface area (Å²) in [6.07, 6.45) is 5.80. The molecule has 1 unspecified atom stereocenters. The van der Waals surface area contributed by atoms with Gasteiger partial charge in [0.15, 0.2) is 0 Å². The van der Waals surface area contributed by atoms with Gasteiger partial charge < -0.3 is 0 Å². The van der Waals surface area contributed by atoms with Gasteiger partial charge >= 0.3 is 0 Å². The molecule has 1 atom stereocenters. The van der Waals surface area contributed by atoms with Gasteiger partial charge in [-0.3, -0.25) is 0 Å². The lowest BCUT2D eigenvalue weighted by Crippen LogP contribution is -2.04. The van der Waals surface area contributed by atoms with E-state index in [1.807, 2.05) is 0 Å². The van der Waals surface area contributed by atoms with Crippen molar-refractivity contribution in [1.82, 2.24) is 0 Å². The van der Waals surface area contributed by atoms with Gasteiger partial charge in [0, 0.05) is 5.92 Å². The summed E-state index contributed by atoms with van der Waals surface area (Å²) >= 11 is 0. The normalized spacial score (nSPS) is 14.5. The van der Waals surface area contributed by atoms with Crippen molar-refractivity contribution in [3.05, 3.63) is 205 Å². The lowest BCUT2D eigenvalue weighted by Gasteiger charge is -2.24. The summed E-state index contributed by atoms with van der Waals surface area (Å²) in [5.74, 6) is 0.281. The van der Waals surface area contributed by atoms with Gasteiger partial charge in [0.25, 0.3) is 0 Å². The monoisotopic (exact) mass is 586 g/mol. The van der Waals surface area contributed by atoms with Crippen LogP contribution in [0.4, 0.5) is 0 Å². The average molecular weight is 587 g/mol. The van der Waals surface area contributed by atoms with Crippen molar-refractivity contribution in [2.75, 3.05) is 0 Å². The van der Waals surface area contributed by atoms with E-state index in [1.165, 1.54) is 71.3 Å². The molecule has 0 aliphatic heterocycles. The van der Waals surface area contributed by atoms with Crippen molar-refractivity contribution in [2.24, 2.45) is 0 Å². The quantitative estimate of drug-likeness (QED) is 0.180. The van der Waals surface area contributed by atoms with E-state index in [4.69, 9.17) is 0 Å². The van der Waals surface area contributed by atoms with Crippen LogP contribution in [0.3, 0.4) is 0 Å². The SMILES string of the molecule is C1=C(c2ccccc2)C=C(c2ccccccc(-c3cc4ccccc4c4ccccc34)c3ccccc23)CC1c1ccccc1. The first-order valence-electron chi connectivity index (χ1n) is 16.1. The predicted octanol–water partition coefficient (Wildman–Crippen LogP) is 12.6. The van der Waals surface area contributed by atoms with E-state index < -0.39 is 0 Å². The van der Waals surface area contributed by atoms with Gasteiger partial charge in [0.2, 0.25) is 0 Å². The predicted molar refractivity (Wildman–Crippen MR) is 198 cm³/mol. The molecule has 0 radical (unpaired) electrons. The fourth-order valence-corrected chi connectivity index (χ4v) is 7.08. The lowest BCUT2D eigenvalue weighted by atomic mass is 9.80. The molecule has 0 saturated carbocycles. The number of fused-ring (bicyclic) bond motifs is 4. The Hall–Kier alpha value is -5.72. The molecule has 1 aliphatic rings. The smallest absolute Gasteiger partial charge is 0.00678 e. The van der Waals surface area contributed by atoms with Crippen LogP contribution < -0.4 is 0 Å². The molecule has 8 rings (SSSR count). The molecular formula is C46H34. The minimum atomic E-state index is 0.281. The first-order valence-corrected chi connectivity index (χ1v) is 16.1. The second-order valence-electron chi connectivity index (χ2n) is 12.0. The lowest BCUT2D eigenvalue weighted by molar-refractivity contribution is 0.871. The number of hydrogen-bond donors (Lipinski definition) is 0. The molecule has 0 nitrogen and oxygen atoms in total. The van der Waals surface area contributed by atoms with Crippen molar-refractivity contribution in [1.29, 1.82) is 0 Å². The zero-order chi connectivity index (χ0) is 30.7. The molecule has 0 spiro atoms. The summed E-state index contributed by atoms with van der Waals surface area (Å²) in [5, 5.41) is 7.58. The van der Waals surface area contributed by atoms with Crippen molar-refractivity contribution in [3.8, 4) is 11.1 Å². The minimum Gasteiger partial charge on any atom is -0.0688 e. The summed E-state index contributed by atoms with van der Waals surface area (Å²) in [6.45, 7) is 0. The van der Waals surface area contributed by atoms with Gasteiger partial charge in [-0.1, -0.05) is 182 Å². The van der Waals surface area contributed by atoms with Crippen LogP contribution in [-0.4, -0.2) is 0 Å². The molecule has 46 heavy (non-hydrogen) atoms. The highest BCUT2D eigenvalue weighted by atomic mass is 14.2. The van der Waals surface area contributed by atoms with Crippen LogP contribution in [0.2, 0.25) is 0 Å². The standard InChI is InChI=1S/C46H34/c1-2-10-24-45(46-32-35-21-11-12-23-39(35)41-25-14-16-28-44(41)46)43-27-15-13-26-42(43)40(22-9-1)38-30-36(33-17-5-3-6-18-33)29-37(31-38)34-19-7-4-8-20-34/h1-30,32,37H,31H2. The van der Waals surface area contributed by atoms with E-state index in [2.05, 4.69) is 188 Å². The fraction of sp³-hybridized carbons (Fsp3) is 0.0435. The zero-order valence-electron chi connectivity index (χ0n) is 25.7. The fourth-order valence-electron chi connectivity index (χ4n) is 7.08. The van der Waals surface area contributed by atoms with E-state index in [9.17, 15) is 0 Å². The van der Waals surface area contributed by atoms with Gasteiger partial charge in [-0.25, -0.2) is 0 Å². The van der Waals surface area contributed by atoms with Gasteiger partial charge in [-0.2, -0.15) is 0 Å². The summed E-state index contributed by atoms with van der Waals surface area (Å²) in [7, 11) is 0. The number of rotatable bonds is 4. The Balaban J connectivity index is 1.41. The van der Waals surface area contributed by atoms with Crippen LogP contribution in [-0.2, 0) is 0 Å². The van der Waals surface area contributed by atoms with Crippen LogP contribution in [0.25, 0.3) is 54.6 Å². The summed E-state index contributed by atoms with van der Waals surface area (Å²) in [5.41, 5.74) is 8.95. The van der Waals surface area contributed by atoms with Gasteiger partial charge in [0.05, 0.1) is 0 Å². The Morgan fingerprint density at radius 2 is 0.891 bits per heavy atom. The summed E-state index contributed by atoms with van der Waals surface area (Å²) < 4.78 is 0. The van der Waals surface area contributed by atoms with E-state index >= 15 is 0 Å². The third-order valence-corrected chi connectivity index (χ3v) is 9.26. The molecule has 0 amide bonds. The van der Waals surface area contributed by atoms with Crippen LogP contribution in [0.1, 0.15) is 29.0 Å². The molecule has 218 valence electrons. The maximum atomic E-state index is 2.45. The highest BCUT2D eigenvalue weighted by molar-refractivity contribution is 6.16. The average Bonchev–Trinajstić information content (AvgIpc) is 3.13. The molecule has 0 N–H and O–H groups in total. The number of hydrogen-bond acceptors (Lipinski definition) is 0. The van der Waals surface area contributed by atoms with Crippen molar-refractivity contribution >= 4 is 43.5 Å². The minimum absolute atomic E-state index is 0.281. The summed E-state index contributed by atoms with van der Waals surface area (Å²) in [4.78, 5) is 0. The number of allylic oxidation sites excluding steroid dienone is 4. The Labute approximate surface area is 270 Å². The third kappa shape index (κ3) is 5.29. The van der Waals surface area contributed by atoms with E-state index in [0.29, 0.717) is 0 Å². The topological polar surface area (TPSA) is 0 Å². The van der Waals surface area contributed by atoms with Crippen molar-refractivity contribution in [2.45, 2.75) is 12.3 Å². The summed E-state index contributed by atoms with van der Waals surface area (Å²) in [6, 6.07) is 63.9. The number of benzene rings is 6. The largest absolute Gasteiger partial charge is 0.0688 e. The molecule has 0 heteroatoms. The molecule has 0 fully saturated rings. The van der Waals surface area contributed by atoms with Crippen molar-refractivity contribution in [3.63, 3.8) is 0 Å². The van der Waals surface area contributed by atoms with Gasteiger partial charge in [-0.05, 0) is 83.8 Å². The second-order valence-corrected chi connectivity index (χ2v) is 12.0. The second kappa shape index (κ2) is 12.3. The molecule has 0 heterocycles. The first kappa shape index (κ1) is 27.8. The Kier molecular flexibility index (Phi) is 7.46. The third-order valence-electron chi connectivity index (χ3n) is 9.26. The highest BCUT2D eigenvalue weighted by Gasteiger charge is 2.20. The molecule has 7 aromatic rings. The van der Waals surface area contributed by atoms with E-state index in [1.54, 1.807) is 0 Å². The van der Waals surface area contributed by atoms with Crippen LogP contribution in [0.15, 0.2) is 188 Å². The Morgan fingerprint density at radius 1 is 0.391 bits per heavy atom. The molecule has 0 aromatic heterocycles. The molecular weight excluding hydrogens is 553 g/mol. The Bertz CT molecular complexity index is 2320. The molecule has 0 saturated heterocycles. The highest BCUT2D eigenvalue weighted by Crippen LogP contribution is 2.42. The maximum Gasteiger partial charge on any atom is 0.00678 e. The van der Waals surface area contributed by atoms with E-state index in [-0.39, 0.29) is 5.92 Å². The van der Waals surface area contributed by atoms with Crippen LogP contribution in [0, 0.1) is 0 Å². The maximum absolute atomic E-state index is 2.45. The first-order chi connectivity index (χ1) is 22.8.